The number of esters is 1. The van der Waals surface area contributed by atoms with E-state index < -0.39 is 41.4 Å². The number of anilines is 1. The number of ether oxygens (including phenoxy) is 3. The number of amides is 3. The number of carbonyl (C=O) groups is 4. The molecule has 2 aliphatic heterocycles. The molecule has 0 unspecified atom stereocenters. The number of aromatic nitrogens is 1. The predicted molar refractivity (Wildman–Crippen MR) is 182 cm³/mol. The fourth-order valence-corrected chi connectivity index (χ4v) is 7.03. The highest BCUT2D eigenvalue weighted by molar-refractivity contribution is 9.10. The Bertz CT molecular complexity index is 1960. The number of halogens is 1. The van der Waals surface area contributed by atoms with Crippen LogP contribution >= 0.6 is 15.9 Å². The normalized spacial score (nSPS) is 19.8. The second-order valence-corrected chi connectivity index (χ2v) is 13.2. The molecule has 6 rings (SSSR count). The van der Waals surface area contributed by atoms with Gasteiger partial charge in [0.1, 0.15) is 31.2 Å². The van der Waals surface area contributed by atoms with Crippen molar-refractivity contribution >= 4 is 45.5 Å². The van der Waals surface area contributed by atoms with E-state index in [-0.39, 0.29) is 54.3 Å². The van der Waals surface area contributed by atoms with Gasteiger partial charge >= 0.3 is 12.1 Å². The highest BCUT2D eigenvalue weighted by atomic mass is 79.9. The molecule has 0 aliphatic carbocycles. The van der Waals surface area contributed by atoms with E-state index >= 15 is 4.79 Å². The van der Waals surface area contributed by atoms with Crippen LogP contribution < -0.4 is 15.5 Å². The van der Waals surface area contributed by atoms with Crippen molar-refractivity contribution in [1.82, 2.24) is 15.6 Å². The van der Waals surface area contributed by atoms with E-state index in [1.165, 1.54) is 25.2 Å². The highest BCUT2D eigenvalue weighted by Gasteiger charge is 2.60. The number of methoxy groups -OCH3 is 2. The fraction of sp³-hybridized carbons (Fsp3) is 0.306. The standard InChI is InChI=1S/C36H35BrN4O9/c1-19(2)27-32-40-28(33(44)48-4)30(50-32)36(22-11-8-12-24(37)29(22)41(18-47-3)34(36)45)23-15-21(13-14-26(23)42)16-25(31(43)39-27)38-35(46)49-17-20-9-6-5-7-10-20/h5-15,19,25,27,42H,16-18H2,1-4H3,(H,38,46)(H,39,43)/t25-,27-,36-/m0/s1. The molecule has 0 radical (unpaired) electrons. The zero-order valence-corrected chi connectivity index (χ0v) is 29.3. The third kappa shape index (κ3) is 5.98. The Morgan fingerprint density at radius 2 is 1.86 bits per heavy atom. The number of oxazole rings is 1. The summed E-state index contributed by atoms with van der Waals surface area (Å²) in [6.45, 7) is 3.43. The number of nitrogens with one attached hydrogen (secondary N) is 2. The van der Waals surface area contributed by atoms with Gasteiger partial charge in [0, 0.05) is 29.1 Å². The summed E-state index contributed by atoms with van der Waals surface area (Å²) in [5.74, 6) is -3.00. The molecule has 50 heavy (non-hydrogen) atoms. The first-order valence-corrected chi connectivity index (χ1v) is 16.6. The van der Waals surface area contributed by atoms with Gasteiger partial charge in [0.2, 0.25) is 11.8 Å². The Balaban J connectivity index is 1.57. The molecule has 3 atom stereocenters. The van der Waals surface area contributed by atoms with Crippen LogP contribution in [-0.4, -0.2) is 61.0 Å². The van der Waals surface area contributed by atoms with Gasteiger partial charge in [-0.1, -0.05) is 68.4 Å². The van der Waals surface area contributed by atoms with E-state index in [1.807, 2.05) is 32.0 Å². The summed E-state index contributed by atoms with van der Waals surface area (Å²) in [6, 6.07) is 16.7. The Labute approximate surface area is 296 Å². The van der Waals surface area contributed by atoms with Crippen LogP contribution in [0.2, 0.25) is 0 Å². The van der Waals surface area contributed by atoms with Crippen molar-refractivity contribution in [2.45, 2.75) is 44.4 Å². The first-order chi connectivity index (χ1) is 24.0. The minimum absolute atomic E-state index is 0.0219. The third-order valence-corrected chi connectivity index (χ3v) is 9.44. The molecular formula is C36H35BrN4O9. The molecule has 0 saturated heterocycles. The summed E-state index contributed by atoms with van der Waals surface area (Å²) in [7, 11) is 2.61. The van der Waals surface area contributed by atoms with Crippen LogP contribution in [0.4, 0.5) is 10.5 Å². The lowest BCUT2D eigenvalue weighted by atomic mass is 9.71. The maximum absolute atomic E-state index is 15.0. The smallest absolute Gasteiger partial charge is 0.408 e. The van der Waals surface area contributed by atoms with Crippen LogP contribution in [0.25, 0.3) is 0 Å². The summed E-state index contributed by atoms with van der Waals surface area (Å²) < 4.78 is 23.0. The largest absolute Gasteiger partial charge is 0.508 e. The molecule has 1 spiro atoms. The van der Waals surface area contributed by atoms with Crippen LogP contribution in [0.5, 0.6) is 5.75 Å². The Hall–Kier alpha value is -5.21. The first-order valence-electron chi connectivity index (χ1n) is 15.8. The summed E-state index contributed by atoms with van der Waals surface area (Å²) in [4.78, 5) is 61.4. The molecule has 260 valence electrons. The van der Waals surface area contributed by atoms with Gasteiger partial charge in [0.25, 0.3) is 5.91 Å². The summed E-state index contributed by atoms with van der Waals surface area (Å²) in [5, 5.41) is 17.2. The van der Waals surface area contributed by atoms with Gasteiger partial charge in [-0.15, -0.1) is 0 Å². The number of para-hydroxylation sites is 1. The monoisotopic (exact) mass is 746 g/mol. The number of aromatic hydroxyl groups is 1. The molecule has 14 heteroatoms. The number of hydrogen-bond acceptors (Lipinski definition) is 10. The Morgan fingerprint density at radius 3 is 2.56 bits per heavy atom. The number of carbonyl (C=O) groups excluding carboxylic acids is 4. The maximum Gasteiger partial charge on any atom is 0.408 e. The number of benzene rings is 3. The van der Waals surface area contributed by atoms with E-state index in [0.29, 0.717) is 21.3 Å². The quantitative estimate of drug-likeness (QED) is 0.222. The van der Waals surface area contributed by atoms with Crippen molar-refractivity contribution < 1.29 is 42.9 Å². The van der Waals surface area contributed by atoms with Crippen LogP contribution in [0.3, 0.4) is 0 Å². The van der Waals surface area contributed by atoms with Gasteiger partial charge in [-0.3, -0.25) is 14.5 Å². The number of nitrogens with zero attached hydrogens (tertiary/aromatic N) is 2. The number of phenols is 1. The summed E-state index contributed by atoms with van der Waals surface area (Å²) in [6.07, 6.45) is -0.887. The molecule has 3 heterocycles. The second kappa shape index (κ2) is 14.0. The molecule has 4 aromatic rings. The summed E-state index contributed by atoms with van der Waals surface area (Å²) in [5.41, 5.74) is -0.209. The van der Waals surface area contributed by atoms with E-state index in [9.17, 15) is 19.5 Å². The second-order valence-electron chi connectivity index (χ2n) is 12.3. The highest BCUT2D eigenvalue weighted by Crippen LogP contribution is 2.55. The van der Waals surface area contributed by atoms with Crippen molar-refractivity contribution in [3.63, 3.8) is 0 Å². The molecular weight excluding hydrogens is 712 g/mol. The molecule has 4 bridgehead atoms. The van der Waals surface area contributed by atoms with Crippen molar-refractivity contribution in [2.24, 2.45) is 5.92 Å². The van der Waals surface area contributed by atoms with Crippen molar-refractivity contribution in [3.8, 4) is 5.75 Å². The SMILES string of the molecule is COCN1C(=O)[C@]2(c3cc(ccc3O)C[C@H](NC(=O)OCc3ccccc3)C(=O)N[C@@H](C(C)C)c3nc(C(=O)OC)c2o3)c2cccc(Br)c21. The van der Waals surface area contributed by atoms with Crippen LogP contribution in [-0.2, 0) is 42.2 Å². The minimum atomic E-state index is -1.98. The predicted octanol–water partition coefficient (Wildman–Crippen LogP) is 4.88. The van der Waals surface area contributed by atoms with Gasteiger partial charge < -0.3 is 34.4 Å². The van der Waals surface area contributed by atoms with E-state index in [4.69, 9.17) is 18.6 Å². The lowest BCUT2D eigenvalue weighted by molar-refractivity contribution is -0.124. The van der Waals surface area contributed by atoms with E-state index in [1.54, 1.807) is 42.5 Å². The first kappa shape index (κ1) is 34.6. The van der Waals surface area contributed by atoms with Crippen LogP contribution in [0.15, 0.2) is 75.6 Å². The van der Waals surface area contributed by atoms with Gasteiger partial charge in [-0.2, -0.15) is 0 Å². The topological polar surface area (TPSA) is 170 Å². The average molecular weight is 748 g/mol. The average Bonchev–Trinajstić information content (AvgIpc) is 3.64. The van der Waals surface area contributed by atoms with Gasteiger partial charge in [0.05, 0.1) is 12.8 Å². The lowest BCUT2D eigenvalue weighted by Gasteiger charge is -2.30. The number of phenolic OH excluding ortho intramolecular Hbond substituents is 1. The fourth-order valence-electron chi connectivity index (χ4n) is 6.45. The van der Waals surface area contributed by atoms with Gasteiger partial charge in [-0.05, 0) is 45.1 Å². The number of alkyl carbamates (subject to hydrolysis) is 1. The van der Waals surface area contributed by atoms with Crippen molar-refractivity contribution in [2.75, 3.05) is 25.9 Å². The minimum Gasteiger partial charge on any atom is -0.508 e. The molecule has 3 aromatic carbocycles. The molecule has 3 amide bonds. The molecule has 13 nitrogen and oxygen atoms in total. The van der Waals surface area contributed by atoms with E-state index in [0.717, 1.165) is 5.56 Å². The number of rotatable bonds is 7. The number of fused-ring (bicyclic) bond motifs is 8. The molecule has 2 aliphatic rings. The van der Waals surface area contributed by atoms with Crippen LogP contribution in [0, 0.1) is 5.92 Å². The zero-order chi connectivity index (χ0) is 35.7. The third-order valence-electron chi connectivity index (χ3n) is 8.80. The zero-order valence-electron chi connectivity index (χ0n) is 27.7. The lowest BCUT2D eigenvalue weighted by Crippen LogP contribution is -2.49. The van der Waals surface area contributed by atoms with Crippen molar-refractivity contribution in [3.05, 3.63) is 111 Å². The molecule has 1 aromatic heterocycles. The maximum atomic E-state index is 15.0. The van der Waals surface area contributed by atoms with Crippen LogP contribution in [0.1, 0.15) is 64.3 Å². The summed E-state index contributed by atoms with van der Waals surface area (Å²) >= 11 is 3.57. The Kier molecular flexibility index (Phi) is 9.67. The van der Waals surface area contributed by atoms with Gasteiger partial charge in [-0.25, -0.2) is 14.6 Å². The van der Waals surface area contributed by atoms with Gasteiger partial charge in [0.15, 0.2) is 16.9 Å². The molecule has 3 N–H and O–H groups in total. The Morgan fingerprint density at radius 1 is 1.10 bits per heavy atom. The number of hydrogen-bond donors (Lipinski definition) is 3. The van der Waals surface area contributed by atoms with Crippen molar-refractivity contribution in [1.29, 1.82) is 0 Å². The molecule has 0 fully saturated rings. The molecule has 0 saturated carbocycles. The van der Waals surface area contributed by atoms with E-state index in [2.05, 4.69) is 31.5 Å².